The number of nitrogens with zero attached hydrogens (tertiary/aromatic N) is 2. The van der Waals surface area contributed by atoms with Crippen molar-refractivity contribution in [3.8, 4) is 5.75 Å². The molecule has 2 amide bonds. The Balaban J connectivity index is 1.90. The van der Waals surface area contributed by atoms with Gasteiger partial charge in [0.05, 0.1) is 21.5 Å². The van der Waals surface area contributed by atoms with E-state index in [1.54, 1.807) is 18.2 Å². The molecule has 12 nitrogen and oxygen atoms in total. The number of hydrogen-bond acceptors (Lipinski definition) is 8. The minimum absolute atomic E-state index is 0.329. The van der Waals surface area contributed by atoms with Gasteiger partial charge in [0.25, 0.3) is 23.2 Å². The predicted octanol–water partition coefficient (Wildman–Crippen LogP) is 1.53. The highest BCUT2D eigenvalue weighted by atomic mass is 32.1. The van der Waals surface area contributed by atoms with Crippen molar-refractivity contribution < 1.29 is 24.2 Å². The van der Waals surface area contributed by atoms with Crippen molar-refractivity contribution >= 4 is 40.5 Å². The first-order valence-corrected chi connectivity index (χ1v) is 8.60. The first-order valence-electron chi connectivity index (χ1n) is 8.19. The summed E-state index contributed by atoms with van der Waals surface area (Å²) in [5.41, 5.74) is 3.80. The summed E-state index contributed by atoms with van der Waals surface area (Å²) in [5.74, 6) is -1.04. The lowest BCUT2D eigenvalue weighted by Crippen LogP contribution is -2.49. The predicted molar refractivity (Wildman–Crippen MR) is 108 cm³/mol. The zero-order valence-corrected chi connectivity index (χ0v) is 16.2. The van der Waals surface area contributed by atoms with Crippen molar-refractivity contribution in [3.05, 3.63) is 73.8 Å². The fourth-order valence-corrected chi connectivity index (χ4v) is 2.30. The number of carbonyl (C=O) groups excluding carboxylic acids is 2. The average molecular weight is 433 g/mol. The largest absolute Gasteiger partial charge is 0.484 e. The van der Waals surface area contributed by atoms with Crippen molar-refractivity contribution in [1.82, 2.24) is 16.2 Å². The van der Waals surface area contributed by atoms with Crippen molar-refractivity contribution in [1.29, 1.82) is 0 Å². The molecular formula is C17H15N5O7S. The lowest BCUT2D eigenvalue weighted by molar-refractivity contribution is -0.394. The van der Waals surface area contributed by atoms with Gasteiger partial charge in [-0.3, -0.25) is 46.0 Å². The fraction of sp³-hybridized carbons (Fsp3) is 0.118. The number of hydrogen-bond donors (Lipinski definition) is 3. The summed E-state index contributed by atoms with van der Waals surface area (Å²) in [6, 6.07) is 9.50. The van der Waals surface area contributed by atoms with Gasteiger partial charge >= 0.3 is 0 Å². The van der Waals surface area contributed by atoms with Crippen LogP contribution in [0.2, 0.25) is 0 Å². The van der Waals surface area contributed by atoms with Crippen LogP contribution in [-0.2, 0) is 4.79 Å². The van der Waals surface area contributed by atoms with Crippen molar-refractivity contribution in [3.63, 3.8) is 0 Å². The summed E-state index contributed by atoms with van der Waals surface area (Å²) >= 11 is 4.85. The topological polar surface area (TPSA) is 166 Å². The van der Waals surface area contributed by atoms with Crippen molar-refractivity contribution in [2.75, 3.05) is 6.61 Å². The number of carbonyl (C=O) groups is 2. The van der Waals surface area contributed by atoms with E-state index in [9.17, 15) is 29.8 Å². The number of rotatable bonds is 6. The Morgan fingerprint density at radius 2 is 1.67 bits per heavy atom. The van der Waals surface area contributed by atoms with Gasteiger partial charge in [-0.05, 0) is 36.8 Å². The molecule has 2 aromatic carbocycles. The average Bonchev–Trinajstić information content (AvgIpc) is 2.70. The van der Waals surface area contributed by atoms with E-state index in [4.69, 9.17) is 17.0 Å². The number of thiocarbonyl (C=S) groups is 1. The molecule has 0 saturated carbocycles. The minimum atomic E-state index is -0.940. The van der Waals surface area contributed by atoms with E-state index >= 15 is 0 Å². The molecule has 0 aromatic heterocycles. The fourth-order valence-electron chi connectivity index (χ4n) is 2.16. The van der Waals surface area contributed by atoms with Gasteiger partial charge < -0.3 is 4.74 Å². The third kappa shape index (κ3) is 6.49. The Bertz CT molecular complexity index is 995. The Labute approximate surface area is 174 Å². The maximum atomic E-state index is 12.2. The van der Waals surface area contributed by atoms with E-state index in [0.29, 0.717) is 5.75 Å². The molecule has 0 spiro atoms. The molecule has 0 saturated heterocycles. The number of aryl methyl sites for hydroxylation is 1. The molecule has 0 aliphatic rings. The molecule has 0 unspecified atom stereocenters. The van der Waals surface area contributed by atoms with Crippen LogP contribution >= 0.6 is 12.2 Å². The molecule has 2 aromatic rings. The normalized spacial score (nSPS) is 9.90. The molecule has 0 bridgehead atoms. The Morgan fingerprint density at radius 3 is 2.23 bits per heavy atom. The third-order valence-corrected chi connectivity index (χ3v) is 3.69. The quantitative estimate of drug-likeness (QED) is 0.348. The molecule has 3 N–H and O–H groups in total. The Hall–Kier alpha value is -4.13. The molecule has 0 fully saturated rings. The van der Waals surface area contributed by atoms with E-state index in [2.05, 4.69) is 16.2 Å². The molecule has 0 radical (unpaired) electrons. The second kappa shape index (κ2) is 9.88. The molecule has 0 aliphatic carbocycles. The molecule has 2 rings (SSSR count). The number of amides is 2. The zero-order chi connectivity index (χ0) is 22.3. The number of nitrogens with one attached hydrogen (secondary N) is 3. The molecule has 13 heteroatoms. The SMILES string of the molecule is Cc1cccc(OCC(=O)NNC(=S)NC(=O)c2cc([N+](=O)[O-])cc([N+](=O)[O-])c2)c1. The molecule has 0 aliphatic heterocycles. The highest BCUT2D eigenvalue weighted by Crippen LogP contribution is 2.22. The summed E-state index contributed by atoms with van der Waals surface area (Å²) in [5, 5.41) is 23.6. The van der Waals surface area contributed by atoms with Gasteiger partial charge in [0, 0.05) is 12.1 Å². The smallest absolute Gasteiger partial charge is 0.277 e. The number of benzene rings is 2. The van der Waals surface area contributed by atoms with Crippen molar-refractivity contribution in [2.24, 2.45) is 0 Å². The van der Waals surface area contributed by atoms with E-state index in [1.807, 2.05) is 13.0 Å². The second-order valence-electron chi connectivity index (χ2n) is 5.81. The first-order chi connectivity index (χ1) is 14.2. The van der Waals surface area contributed by atoms with Crippen LogP contribution in [-0.4, -0.2) is 33.4 Å². The third-order valence-electron chi connectivity index (χ3n) is 3.49. The lowest BCUT2D eigenvalue weighted by Gasteiger charge is -2.11. The number of nitro groups is 2. The number of non-ortho nitro benzene ring substituents is 2. The molecule has 30 heavy (non-hydrogen) atoms. The van der Waals surface area contributed by atoms with Crippen LogP contribution in [0.25, 0.3) is 0 Å². The molecule has 0 heterocycles. The van der Waals surface area contributed by atoms with E-state index < -0.39 is 33.0 Å². The Morgan fingerprint density at radius 1 is 1.03 bits per heavy atom. The van der Waals surface area contributed by atoms with Crippen LogP contribution in [0.3, 0.4) is 0 Å². The van der Waals surface area contributed by atoms with Crippen LogP contribution in [0, 0.1) is 27.2 Å². The summed E-state index contributed by atoms with van der Waals surface area (Å²) < 4.78 is 5.29. The number of nitro benzene ring substituents is 2. The maximum Gasteiger partial charge on any atom is 0.277 e. The van der Waals surface area contributed by atoms with Gasteiger partial charge in [-0.15, -0.1) is 0 Å². The summed E-state index contributed by atoms with van der Waals surface area (Å²) in [7, 11) is 0. The Kier molecular flexibility index (Phi) is 7.30. The standard InChI is InChI=1S/C17H15N5O7S/c1-10-3-2-4-14(5-10)29-9-15(23)19-20-17(30)18-16(24)11-6-12(21(25)26)8-13(7-11)22(27)28/h2-8H,9H2,1H3,(H,19,23)(H2,18,20,24,30). The molecule has 0 atom stereocenters. The van der Waals surface area contributed by atoms with Gasteiger partial charge in [-0.2, -0.15) is 0 Å². The van der Waals surface area contributed by atoms with Gasteiger partial charge in [-0.25, -0.2) is 0 Å². The number of ether oxygens (including phenoxy) is 1. The van der Waals surface area contributed by atoms with Crippen LogP contribution in [0.1, 0.15) is 15.9 Å². The van der Waals surface area contributed by atoms with Crippen LogP contribution in [0.5, 0.6) is 5.75 Å². The summed E-state index contributed by atoms with van der Waals surface area (Å²) in [4.78, 5) is 44.0. The molecular weight excluding hydrogens is 418 g/mol. The van der Waals surface area contributed by atoms with Crippen LogP contribution in [0.4, 0.5) is 11.4 Å². The van der Waals surface area contributed by atoms with Gasteiger partial charge in [0.2, 0.25) is 0 Å². The number of hydrazine groups is 1. The van der Waals surface area contributed by atoms with E-state index in [1.165, 1.54) is 0 Å². The van der Waals surface area contributed by atoms with Crippen molar-refractivity contribution in [2.45, 2.75) is 6.92 Å². The summed E-state index contributed by atoms with van der Waals surface area (Å²) in [6.45, 7) is 1.54. The van der Waals surface area contributed by atoms with E-state index in [0.717, 1.165) is 23.8 Å². The van der Waals surface area contributed by atoms with Gasteiger partial charge in [-0.1, -0.05) is 12.1 Å². The minimum Gasteiger partial charge on any atom is -0.484 e. The van der Waals surface area contributed by atoms with Gasteiger partial charge in [0.1, 0.15) is 5.75 Å². The van der Waals surface area contributed by atoms with Crippen LogP contribution in [0.15, 0.2) is 42.5 Å². The lowest BCUT2D eigenvalue weighted by atomic mass is 10.1. The summed E-state index contributed by atoms with van der Waals surface area (Å²) in [6.07, 6.45) is 0. The highest BCUT2D eigenvalue weighted by molar-refractivity contribution is 7.80. The monoisotopic (exact) mass is 433 g/mol. The van der Waals surface area contributed by atoms with E-state index in [-0.39, 0.29) is 17.3 Å². The highest BCUT2D eigenvalue weighted by Gasteiger charge is 2.20. The second-order valence-corrected chi connectivity index (χ2v) is 6.22. The molecule has 156 valence electrons. The zero-order valence-electron chi connectivity index (χ0n) is 15.4. The first kappa shape index (κ1) is 22.2. The van der Waals surface area contributed by atoms with Gasteiger partial charge in [0.15, 0.2) is 11.7 Å². The van der Waals surface area contributed by atoms with Crippen LogP contribution < -0.4 is 20.9 Å². The maximum absolute atomic E-state index is 12.2.